The molecule has 2 aliphatic rings. The highest BCUT2D eigenvalue weighted by Crippen LogP contribution is 2.40. The van der Waals surface area contributed by atoms with Crippen molar-refractivity contribution >= 4 is 28.6 Å². The smallest absolute Gasteiger partial charge is 0.330 e. The highest BCUT2D eigenvalue weighted by atomic mass is 127. The van der Waals surface area contributed by atoms with Gasteiger partial charge in [0, 0.05) is 10.5 Å². The summed E-state index contributed by atoms with van der Waals surface area (Å²) in [4.78, 5) is 11.8. The molecule has 1 aromatic carbocycles. The van der Waals surface area contributed by atoms with E-state index in [0.717, 1.165) is 9.99 Å². The number of esters is 1. The molecule has 3 rings (SSSR count). The molecule has 2 aliphatic heterocycles. The molecule has 0 saturated carbocycles. The van der Waals surface area contributed by atoms with Crippen molar-refractivity contribution in [1.82, 2.24) is 0 Å². The van der Waals surface area contributed by atoms with Gasteiger partial charge in [-0.1, -0.05) is 52.9 Å². The van der Waals surface area contributed by atoms with E-state index in [1.807, 2.05) is 58.0 Å². The van der Waals surface area contributed by atoms with E-state index in [1.165, 1.54) is 13.2 Å². The molecule has 0 aromatic heterocycles. The van der Waals surface area contributed by atoms with E-state index in [2.05, 4.69) is 22.6 Å². The number of rotatable bonds is 8. The van der Waals surface area contributed by atoms with Crippen LogP contribution in [0.15, 0.2) is 42.5 Å². The Bertz CT molecular complexity index is 764. The topological polar surface area (TPSA) is 72.5 Å². The number of hydrogen-bond donors (Lipinski definition) is 0. The summed E-state index contributed by atoms with van der Waals surface area (Å²) < 4.78 is 36.5. The van der Waals surface area contributed by atoms with Crippen molar-refractivity contribution in [3.05, 3.63) is 48.0 Å². The molecule has 0 amide bonds. The Balaban J connectivity index is 1.86. The van der Waals surface area contributed by atoms with Gasteiger partial charge in [-0.2, -0.15) is 0 Å². The van der Waals surface area contributed by atoms with E-state index >= 15 is 0 Å². The number of ether oxygens (including phenoxy) is 6. The Morgan fingerprint density at radius 2 is 1.71 bits per heavy atom. The molecule has 2 fully saturated rings. The van der Waals surface area contributed by atoms with E-state index in [1.54, 1.807) is 6.08 Å². The number of halogens is 1. The standard InChI is InChI=1S/C23H31IO7/c1-22(2)28-17(13-24)20(30-22)21-19(29-23(3,4)31-21)16(11-12-18(25)26-5)27-14-15-9-7-6-8-10-15/h6-12,16-17,19-21H,13-14H2,1-5H3/b12-11+/t16-,17+,19-,20+,21+/m0/s1. The quantitative estimate of drug-likeness (QED) is 0.213. The predicted molar refractivity (Wildman–Crippen MR) is 123 cm³/mol. The molecule has 2 heterocycles. The molecule has 0 spiro atoms. The Labute approximate surface area is 197 Å². The van der Waals surface area contributed by atoms with Gasteiger partial charge in [0.25, 0.3) is 0 Å². The van der Waals surface area contributed by atoms with Crippen molar-refractivity contribution in [3.63, 3.8) is 0 Å². The number of carbonyl (C=O) groups excluding carboxylic acids is 1. The summed E-state index contributed by atoms with van der Waals surface area (Å²) in [6, 6.07) is 9.83. The van der Waals surface area contributed by atoms with E-state index in [4.69, 9.17) is 28.4 Å². The van der Waals surface area contributed by atoms with Crippen LogP contribution in [0.5, 0.6) is 0 Å². The molecule has 7 nitrogen and oxygen atoms in total. The number of carbonyl (C=O) groups is 1. The average molecular weight is 546 g/mol. The van der Waals surface area contributed by atoms with Crippen LogP contribution in [0.4, 0.5) is 0 Å². The van der Waals surface area contributed by atoms with Crippen molar-refractivity contribution in [2.24, 2.45) is 0 Å². The fourth-order valence-electron chi connectivity index (χ4n) is 3.85. The second-order valence-electron chi connectivity index (χ2n) is 8.50. The molecule has 0 unspecified atom stereocenters. The van der Waals surface area contributed by atoms with Gasteiger partial charge < -0.3 is 28.4 Å². The first kappa shape index (κ1) is 24.6. The van der Waals surface area contributed by atoms with E-state index < -0.39 is 35.9 Å². The third-order valence-corrected chi connectivity index (χ3v) is 5.96. The maximum absolute atomic E-state index is 11.8. The third kappa shape index (κ3) is 6.49. The Morgan fingerprint density at radius 1 is 1.06 bits per heavy atom. The molecule has 0 bridgehead atoms. The summed E-state index contributed by atoms with van der Waals surface area (Å²) in [7, 11) is 1.34. The van der Waals surface area contributed by atoms with Crippen LogP contribution in [-0.2, 0) is 39.8 Å². The van der Waals surface area contributed by atoms with Crippen molar-refractivity contribution in [1.29, 1.82) is 0 Å². The lowest BCUT2D eigenvalue weighted by Gasteiger charge is -2.29. The molecular formula is C23H31IO7. The average Bonchev–Trinajstić information content (AvgIpc) is 3.23. The summed E-state index contributed by atoms with van der Waals surface area (Å²) >= 11 is 2.29. The van der Waals surface area contributed by atoms with Crippen LogP contribution in [0.3, 0.4) is 0 Å². The zero-order chi connectivity index (χ0) is 22.6. The van der Waals surface area contributed by atoms with Gasteiger partial charge in [0.2, 0.25) is 0 Å². The van der Waals surface area contributed by atoms with Crippen molar-refractivity contribution in [3.8, 4) is 0 Å². The van der Waals surface area contributed by atoms with Gasteiger partial charge in [0.05, 0.1) is 19.8 Å². The molecule has 5 atom stereocenters. The molecule has 1 aromatic rings. The van der Waals surface area contributed by atoms with Crippen molar-refractivity contribution in [2.75, 3.05) is 11.5 Å². The van der Waals surface area contributed by atoms with Crippen LogP contribution in [0.25, 0.3) is 0 Å². The normalized spacial score (nSPS) is 30.5. The first-order valence-electron chi connectivity index (χ1n) is 10.3. The van der Waals surface area contributed by atoms with E-state index in [9.17, 15) is 4.79 Å². The fraction of sp³-hybridized carbons (Fsp3) is 0.609. The summed E-state index contributed by atoms with van der Waals surface area (Å²) in [5, 5.41) is 0. The maximum atomic E-state index is 11.8. The summed E-state index contributed by atoms with van der Waals surface area (Å²) in [6.45, 7) is 7.86. The first-order chi connectivity index (χ1) is 14.6. The van der Waals surface area contributed by atoms with Gasteiger partial charge in [-0.05, 0) is 39.3 Å². The van der Waals surface area contributed by atoms with Crippen LogP contribution in [0.2, 0.25) is 0 Å². The first-order valence-corrected chi connectivity index (χ1v) is 11.9. The van der Waals surface area contributed by atoms with Crippen LogP contribution in [0, 0.1) is 0 Å². The maximum Gasteiger partial charge on any atom is 0.330 e. The molecule has 0 N–H and O–H groups in total. The number of methoxy groups -OCH3 is 1. The SMILES string of the molecule is COC(=O)/C=C/[C@H](OCc1ccccc1)[C@@H]1OC(C)(C)O[C@H]1[C@@H]1OC(C)(C)O[C@@H]1CI. The molecule has 0 radical (unpaired) electrons. The lowest BCUT2D eigenvalue weighted by atomic mass is 9.99. The molecule has 8 heteroatoms. The van der Waals surface area contributed by atoms with Gasteiger partial charge in [-0.25, -0.2) is 4.79 Å². The Kier molecular flexibility index (Phi) is 8.15. The predicted octanol–water partition coefficient (Wildman–Crippen LogP) is 3.78. The van der Waals surface area contributed by atoms with Gasteiger partial charge in [-0.15, -0.1) is 0 Å². The highest BCUT2D eigenvalue weighted by molar-refractivity contribution is 14.1. The fourth-order valence-corrected chi connectivity index (χ4v) is 4.54. The molecular weight excluding hydrogens is 515 g/mol. The second kappa shape index (κ2) is 10.3. The van der Waals surface area contributed by atoms with E-state index in [0.29, 0.717) is 6.61 Å². The second-order valence-corrected chi connectivity index (χ2v) is 9.38. The van der Waals surface area contributed by atoms with Crippen molar-refractivity contribution in [2.45, 2.75) is 76.4 Å². The minimum atomic E-state index is -0.839. The zero-order valence-electron chi connectivity index (χ0n) is 18.6. The van der Waals surface area contributed by atoms with Gasteiger partial charge >= 0.3 is 5.97 Å². The highest BCUT2D eigenvalue weighted by Gasteiger charge is 2.55. The molecule has 31 heavy (non-hydrogen) atoms. The van der Waals surface area contributed by atoms with Gasteiger partial charge in [0.1, 0.15) is 24.4 Å². The van der Waals surface area contributed by atoms with Crippen LogP contribution in [-0.4, -0.2) is 59.6 Å². The molecule has 172 valence electrons. The number of hydrogen-bond acceptors (Lipinski definition) is 7. The summed E-state index contributed by atoms with van der Waals surface area (Å²) in [5.74, 6) is -2.02. The summed E-state index contributed by atoms with van der Waals surface area (Å²) in [6.07, 6.45) is 1.01. The minimum absolute atomic E-state index is 0.153. The summed E-state index contributed by atoms with van der Waals surface area (Å²) in [5.41, 5.74) is 1.01. The third-order valence-electron chi connectivity index (χ3n) is 5.09. The van der Waals surface area contributed by atoms with Crippen molar-refractivity contribution < 1.29 is 33.2 Å². The largest absolute Gasteiger partial charge is 0.466 e. The molecule has 2 saturated heterocycles. The lowest BCUT2D eigenvalue weighted by Crippen LogP contribution is -2.47. The van der Waals surface area contributed by atoms with Gasteiger partial charge in [-0.3, -0.25) is 0 Å². The lowest BCUT2D eigenvalue weighted by molar-refractivity contribution is -0.175. The number of alkyl halides is 1. The molecule has 0 aliphatic carbocycles. The van der Waals surface area contributed by atoms with Crippen LogP contribution < -0.4 is 0 Å². The van der Waals surface area contributed by atoms with Crippen LogP contribution in [0.1, 0.15) is 33.3 Å². The minimum Gasteiger partial charge on any atom is -0.466 e. The number of benzene rings is 1. The Hall–Kier alpha value is -1.04. The Morgan fingerprint density at radius 3 is 2.35 bits per heavy atom. The monoisotopic (exact) mass is 546 g/mol. The zero-order valence-corrected chi connectivity index (χ0v) is 20.7. The van der Waals surface area contributed by atoms with E-state index in [-0.39, 0.29) is 12.2 Å². The van der Waals surface area contributed by atoms with Crippen LogP contribution >= 0.6 is 22.6 Å². The van der Waals surface area contributed by atoms with Gasteiger partial charge in [0.15, 0.2) is 11.6 Å².